The van der Waals surface area contributed by atoms with Gasteiger partial charge < -0.3 is 10.2 Å². The number of benzene rings is 1. The van der Waals surface area contributed by atoms with Crippen LogP contribution in [0.4, 0.5) is 10.8 Å². The van der Waals surface area contributed by atoms with Gasteiger partial charge in [-0.15, -0.1) is 11.3 Å². The number of carbonyl (C=O) groups excluding carboxylic acids is 2. The molecule has 0 bridgehead atoms. The zero-order valence-corrected chi connectivity index (χ0v) is 17.7. The Kier molecular flexibility index (Phi) is 4.90. The van der Waals surface area contributed by atoms with Crippen LogP contribution in [0.1, 0.15) is 55.4 Å². The van der Waals surface area contributed by atoms with E-state index in [9.17, 15) is 9.59 Å². The zero-order chi connectivity index (χ0) is 20.0. The number of aryl methyl sites for hydroxylation is 1. The Labute approximate surface area is 175 Å². The summed E-state index contributed by atoms with van der Waals surface area (Å²) in [6.45, 7) is 2.83. The minimum absolute atomic E-state index is 0.0936. The molecular weight excluding hydrogens is 382 g/mol. The SMILES string of the molecule is Cc1sc(NC(=O)C2CC2)nc1-c1ccc2c(c1)CCN2C(=O)C1CCCCC1. The standard InChI is InChI=1S/C23H27N3O2S/c1-14-20(24-23(29-14)25-21(27)15-7-8-15)18-9-10-19-17(13-18)11-12-26(19)22(28)16-5-3-2-4-6-16/h9-10,13,15-16H,2-8,11-12H2,1H3,(H,24,25,27). The molecule has 1 aromatic carbocycles. The molecule has 29 heavy (non-hydrogen) atoms. The Morgan fingerprint density at radius 1 is 1.10 bits per heavy atom. The molecule has 2 fully saturated rings. The molecule has 0 unspecified atom stereocenters. The number of aromatic nitrogens is 1. The summed E-state index contributed by atoms with van der Waals surface area (Å²) in [4.78, 5) is 32.8. The first kappa shape index (κ1) is 18.8. The van der Waals surface area contributed by atoms with Gasteiger partial charge in [-0.05, 0) is 56.7 Å². The van der Waals surface area contributed by atoms with Crippen LogP contribution in [0.3, 0.4) is 0 Å². The highest BCUT2D eigenvalue weighted by molar-refractivity contribution is 7.16. The molecule has 2 heterocycles. The van der Waals surface area contributed by atoms with Crippen LogP contribution in [0.25, 0.3) is 11.3 Å². The fraction of sp³-hybridized carbons (Fsp3) is 0.522. The Balaban J connectivity index is 1.35. The van der Waals surface area contributed by atoms with E-state index >= 15 is 0 Å². The molecule has 0 saturated heterocycles. The van der Waals surface area contributed by atoms with E-state index in [1.807, 2.05) is 11.8 Å². The first-order valence-electron chi connectivity index (χ1n) is 10.8. The second kappa shape index (κ2) is 7.56. The molecule has 5 nitrogen and oxygen atoms in total. The van der Waals surface area contributed by atoms with Gasteiger partial charge in [-0.2, -0.15) is 0 Å². The number of amides is 2. The highest BCUT2D eigenvalue weighted by atomic mass is 32.1. The van der Waals surface area contributed by atoms with E-state index in [-0.39, 0.29) is 17.7 Å². The van der Waals surface area contributed by atoms with Crippen molar-refractivity contribution in [2.45, 2.75) is 58.3 Å². The molecule has 2 amide bonds. The third-order valence-electron chi connectivity index (χ3n) is 6.44. The topological polar surface area (TPSA) is 62.3 Å². The molecule has 6 heteroatoms. The molecule has 0 spiro atoms. The van der Waals surface area contributed by atoms with Gasteiger partial charge in [0.1, 0.15) is 0 Å². The molecule has 2 aromatic rings. The number of anilines is 2. The zero-order valence-electron chi connectivity index (χ0n) is 16.9. The van der Waals surface area contributed by atoms with E-state index in [0.29, 0.717) is 11.0 Å². The number of hydrogen-bond acceptors (Lipinski definition) is 4. The number of rotatable bonds is 4. The summed E-state index contributed by atoms with van der Waals surface area (Å²) in [5, 5.41) is 3.65. The smallest absolute Gasteiger partial charge is 0.230 e. The van der Waals surface area contributed by atoms with E-state index < -0.39 is 0 Å². The average molecular weight is 410 g/mol. The monoisotopic (exact) mass is 409 g/mol. The molecule has 3 aliphatic rings. The Morgan fingerprint density at radius 3 is 2.66 bits per heavy atom. The van der Waals surface area contributed by atoms with E-state index in [4.69, 9.17) is 0 Å². The summed E-state index contributed by atoms with van der Waals surface area (Å²) >= 11 is 1.53. The van der Waals surface area contributed by atoms with Crippen LogP contribution in [0.15, 0.2) is 18.2 Å². The summed E-state index contributed by atoms with van der Waals surface area (Å²) in [7, 11) is 0. The minimum atomic E-state index is 0.0936. The number of nitrogens with zero attached hydrogens (tertiary/aromatic N) is 2. The van der Waals surface area contributed by atoms with Gasteiger partial charge in [-0.25, -0.2) is 4.98 Å². The molecular formula is C23H27N3O2S. The third kappa shape index (κ3) is 3.70. The number of thiazole rings is 1. The van der Waals surface area contributed by atoms with Gasteiger partial charge in [0.25, 0.3) is 0 Å². The van der Waals surface area contributed by atoms with Gasteiger partial charge >= 0.3 is 0 Å². The van der Waals surface area contributed by atoms with Crippen LogP contribution < -0.4 is 10.2 Å². The molecule has 1 aliphatic heterocycles. The van der Waals surface area contributed by atoms with Crippen LogP contribution in [-0.4, -0.2) is 23.3 Å². The fourth-order valence-electron chi connectivity index (χ4n) is 4.62. The van der Waals surface area contributed by atoms with Crippen LogP contribution in [0, 0.1) is 18.8 Å². The highest BCUT2D eigenvalue weighted by Gasteiger charge is 2.32. The fourth-order valence-corrected chi connectivity index (χ4v) is 5.46. The largest absolute Gasteiger partial charge is 0.312 e. The molecule has 2 aliphatic carbocycles. The average Bonchev–Trinajstić information content (AvgIpc) is 3.42. The maximum absolute atomic E-state index is 13.0. The van der Waals surface area contributed by atoms with Gasteiger partial charge in [0.2, 0.25) is 11.8 Å². The lowest BCUT2D eigenvalue weighted by atomic mass is 9.88. The lowest BCUT2D eigenvalue weighted by Gasteiger charge is -2.26. The summed E-state index contributed by atoms with van der Waals surface area (Å²) in [6.07, 6.45) is 8.58. The van der Waals surface area contributed by atoms with Crippen molar-refractivity contribution < 1.29 is 9.59 Å². The van der Waals surface area contributed by atoms with Crippen LogP contribution in [-0.2, 0) is 16.0 Å². The normalized spacial score (nSPS) is 19.3. The van der Waals surface area contributed by atoms with Crippen molar-refractivity contribution in [3.8, 4) is 11.3 Å². The molecule has 0 radical (unpaired) electrons. The summed E-state index contributed by atoms with van der Waals surface area (Å²) < 4.78 is 0. The highest BCUT2D eigenvalue weighted by Crippen LogP contribution is 2.38. The molecule has 1 N–H and O–H groups in total. The van der Waals surface area contributed by atoms with Gasteiger partial charge in [-0.3, -0.25) is 9.59 Å². The minimum Gasteiger partial charge on any atom is -0.312 e. The quantitative estimate of drug-likeness (QED) is 0.778. The van der Waals surface area contributed by atoms with E-state index in [0.717, 1.165) is 60.5 Å². The molecule has 2 saturated carbocycles. The van der Waals surface area contributed by atoms with E-state index in [2.05, 4.69) is 28.5 Å². The molecule has 1 aromatic heterocycles. The predicted octanol–water partition coefficient (Wildman–Crippen LogP) is 4.94. The van der Waals surface area contributed by atoms with E-state index in [1.165, 1.54) is 36.2 Å². The third-order valence-corrected chi connectivity index (χ3v) is 7.33. The number of nitrogens with one attached hydrogen (secondary N) is 1. The summed E-state index contributed by atoms with van der Waals surface area (Å²) in [6, 6.07) is 6.33. The maximum Gasteiger partial charge on any atom is 0.230 e. The summed E-state index contributed by atoms with van der Waals surface area (Å²) in [5.41, 5.74) is 4.29. The molecule has 0 atom stereocenters. The number of carbonyl (C=O) groups is 2. The lowest BCUT2D eigenvalue weighted by molar-refractivity contribution is -0.123. The van der Waals surface area contributed by atoms with Crippen LogP contribution in [0.2, 0.25) is 0 Å². The molecule has 152 valence electrons. The lowest BCUT2D eigenvalue weighted by Crippen LogP contribution is -2.35. The van der Waals surface area contributed by atoms with Crippen LogP contribution >= 0.6 is 11.3 Å². The first-order valence-corrected chi connectivity index (χ1v) is 11.6. The van der Waals surface area contributed by atoms with Crippen molar-refractivity contribution in [1.29, 1.82) is 0 Å². The van der Waals surface area contributed by atoms with Gasteiger partial charge in [0.15, 0.2) is 5.13 Å². The second-order valence-electron chi connectivity index (χ2n) is 8.61. The van der Waals surface area contributed by atoms with Crippen LogP contribution in [0.5, 0.6) is 0 Å². The number of hydrogen-bond donors (Lipinski definition) is 1. The van der Waals surface area contributed by atoms with Crippen molar-refractivity contribution in [3.05, 3.63) is 28.6 Å². The maximum atomic E-state index is 13.0. The first-order chi connectivity index (χ1) is 14.1. The second-order valence-corrected chi connectivity index (χ2v) is 9.81. The summed E-state index contributed by atoms with van der Waals surface area (Å²) in [5.74, 6) is 0.783. The van der Waals surface area contributed by atoms with Gasteiger partial charge in [0, 0.05) is 34.5 Å². The van der Waals surface area contributed by atoms with Crippen molar-refractivity contribution >= 4 is 34.0 Å². The van der Waals surface area contributed by atoms with Crippen molar-refractivity contribution in [2.75, 3.05) is 16.8 Å². The van der Waals surface area contributed by atoms with Gasteiger partial charge in [-0.1, -0.05) is 25.3 Å². The van der Waals surface area contributed by atoms with Crippen molar-refractivity contribution in [2.24, 2.45) is 11.8 Å². The Hall–Kier alpha value is -2.21. The van der Waals surface area contributed by atoms with Gasteiger partial charge in [0.05, 0.1) is 5.69 Å². The number of fused-ring (bicyclic) bond motifs is 1. The van der Waals surface area contributed by atoms with Crippen molar-refractivity contribution in [3.63, 3.8) is 0 Å². The Bertz CT molecular complexity index is 957. The predicted molar refractivity (Wildman–Crippen MR) is 116 cm³/mol. The van der Waals surface area contributed by atoms with Crippen molar-refractivity contribution in [1.82, 2.24) is 4.98 Å². The van der Waals surface area contributed by atoms with E-state index in [1.54, 1.807) is 0 Å². The Morgan fingerprint density at radius 2 is 1.90 bits per heavy atom. The molecule has 5 rings (SSSR count).